The fraction of sp³-hybridized carbons (Fsp3) is 1.00. The van der Waals surface area contributed by atoms with Crippen LogP contribution in [-0.4, -0.2) is 17.0 Å². The van der Waals surface area contributed by atoms with Crippen molar-refractivity contribution in [2.45, 2.75) is 43.4 Å². The van der Waals surface area contributed by atoms with Gasteiger partial charge in [-0.1, -0.05) is 6.42 Å². The highest BCUT2D eigenvalue weighted by atomic mass is 32.2. The van der Waals surface area contributed by atoms with Gasteiger partial charge in [0.2, 0.25) is 0 Å². The highest BCUT2D eigenvalue weighted by Gasteiger charge is 2.32. The summed E-state index contributed by atoms with van der Waals surface area (Å²) < 4.78 is 0. The maximum Gasteiger partial charge on any atom is 0.0202 e. The molecular weight excluding hydrogens is 154 g/mol. The lowest BCUT2D eigenvalue weighted by Gasteiger charge is -2.34. The third-order valence-corrected chi connectivity index (χ3v) is 4.59. The predicted octanol–water partition coefficient (Wildman–Crippen LogP) is 2.01. The minimum atomic E-state index is 0.524. The van der Waals surface area contributed by atoms with Gasteiger partial charge in [0.1, 0.15) is 0 Å². The Balaban J connectivity index is 1.82. The maximum atomic E-state index is 6.16. The van der Waals surface area contributed by atoms with E-state index in [0.717, 1.165) is 11.2 Å². The fourth-order valence-corrected chi connectivity index (χ4v) is 3.45. The van der Waals surface area contributed by atoms with Crippen LogP contribution in [0.2, 0.25) is 0 Å². The van der Waals surface area contributed by atoms with Gasteiger partial charge in [-0.25, -0.2) is 0 Å². The predicted molar refractivity (Wildman–Crippen MR) is 50.8 cm³/mol. The summed E-state index contributed by atoms with van der Waals surface area (Å²) in [7, 11) is 0. The van der Waals surface area contributed by atoms with Gasteiger partial charge in [0.15, 0.2) is 0 Å². The van der Waals surface area contributed by atoms with E-state index in [1.807, 2.05) is 0 Å². The Kier molecular flexibility index (Phi) is 2.42. The Bertz CT molecular complexity index is 128. The van der Waals surface area contributed by atoms with Gasteiger partial charge in [0.25, 0.3) is 0 Å². The van der Waals surface area contributed by atoms with Crippen molar-refractivity contribution in [1.29, 1.82) is 0 Å². The van der Waals surface area contributed by atoms with Crippen LogP contribution in [0.15, 0.2) is 0 Å². The summed E-state index contributed by atoms with van der Waals surface area (Å²) in [5.41, 5.74) is 6.16. The van der Waals surface area contributed by atoms with Crippen molar-refractivity contribution in [3.8, 4) is 0 Å². The largest absolute Gasteiger partial charge is 0.326 e. The van der Waals surface area contributed by atoms with Crippen molar-refractivity contribution in [2.75, 3.05) is 5.75 Å². The highest BCUT2D eigenvalue weighted by molar-refractivity contribution is 8.00. The molecule has 2 rings (SSSR count). The number of thioether (sulfide) groups is 1. The van der Waals surface area contributed by atoms with E-state index < -0.39 is 0 Å². The Morgan fingerprint density at radius 2 is 2.00 bits per heavy atom. The molecule has 0 spiro atoms. The quantitative estimate of drug-likeness (QED) is 0.688. The summed E-state index contributed by atoms with van der Waals surface area (Å²) in [5.74, 6) is 2.23. The van der Waals surface area contributed by atoms with Crippen LogP contribution in [0.5, 0.6) is 0 Å². The topological polar surface area (TPSA) is 26.0 Å². The maximum absolute atomic E-state index is 6.16. The molecule has 11 heavy (non-hydrogen) atoms. The first-order chi connectivity index (χ1) is 5.38. The molecule has 2 unspecified atom stereocenters. The Labute approximate surface area is 73.1 Å². The molecule has 1 saturated heterocycles. The van der Waals surface area contributed by atoms with E-state index in [-0.39, 0.29) is 0 Å². The van der Waals surface area contributed by atoms with Crippen molar-refractivity contribution in [1.82, 2.24) is 0 Å². The van der Waals surface area contributed by atoms with Crippen LogP contribution in [0.1, 0.15) is 32.1 Å². The van der Waals surface area contributed by atoms with Gasteiger partial charge >= 0.3 is 0 Å². The summed E-state index contributed by atoms with van der Waals surface area (Å²) >= 11 is 2.10. The van der Waals surface area contributed by atoms with Crippen LogP contribution in [0.4, 0.5) is 0 Å². The van der Waals surface area contributed by atoms with Gasteiger partial charge in [-0.15, -0.1) is 0 Å². The van der Waals surface area contributed by atoms with E-state index in [0.29, 0.717) is 6.04 Å². The molecule has 0 aromatic heterocycles. The Morgan fingerprint density at radius 1 is 1.18 bits per heavy atom. The van der Waals surface area contributed by atoms with Crippen LogP contribution in [0, 0.1) is 5.92 Å². The van der Waals surface area contributed by atoms with Crippen molar-refractivity contribution in [2.24, 2.45) is 11.7 Å². The molecule has 2 aliphatic rings. The Morgan fingerprint density at radius 3 is 2.45 bits per heavy atom. The molecule has 1 heterocycles. The summed E-state index contributed by atoms with van der Waals surface area (Å²) in [6.45, 7) is 0. The number of hydrogen-bond acceptors (Lipinski definition) is 2. The first kappa shape index (κ1) is 7.93. The molecule has 1 saturated carbocycles. The van der Waals surface area contributed by atoms with Crippen molar-refractivity contribution < 1.29 is 0 Å². The molecule has 2 atom stereocenters. The fourth-order valence-electron chi connectivity index (χ4n) is 2.03. The van der Waals surface area contributed by atoms with Crippen LogP contribution in [0.3, 0.4) is 0 Å². The zero-order valence-electron chi connectivity index (χ0n) is 6.96. The molecule has 64 valence electrons. The van der Waals surface area contributed by atoms with Crippen LogP contribution >= 0.6 is 11.8 Å². The molecule has 1 aliphatic carbocycles. The number of hydrogen-bond donors (Lipinski definition) is 1. The molecule has 0 bridgehead atoms. The SMILES string of the molecule is NC(C1CCC1)C1CCCS1. The molecule has 0 amide bonds. The second-order valence-electron chi connectivity index (χ2n) is 3.82. The third-order valence-electron chi connectivity index (χ3n) is 3.09. The Hall–Kier alpha value is 0.310. The van der Waals surface area contributed by atoms with E-state index in [1.54, 1.807) is 0 Å². The molecule has 0 aromatic carbocycles. The lowest BCUT2D eigenvalue weighted by Crippen LogP contribution is -2.41. The van der Waals surface area contributed by atoms with Crippen molar-refractivity contribution in [3.63, 3.8) is 0 Å². The van der Waals surface area contributed by atoms with Crippen molar-refractivity contribution >= 4 is 11.8 Å². The number of nitrogens with two attached hydrogens (primary N) is 1. The molecule has 1 aliphatic heterocycles. The zero-order valence-corrected chi connectivity index (χ0v) is 7.78. The normalized spacial score (nSPS) is 35.2. The second-order valence-corrected chi connectivity index (χ2v) is 5.17. The van der Waals surface area contributed by atoms with E-state index >= 15 is 0 Å². The monoisotopic (exact) mass is 171 g/mol. The van der Waals surface area contributed by atoms with Crippen LogP contribution < -0.4 is 5.73 Å². The second kappa shape index (κ2) is 3.36. The third kappa shape index (κ3) is 1.57. The standard InChI is InChI=1S/C9H17NS/c10-9(7-3-1-4-7)8-5-2-6-11-8/h7-9H,1-6,10H2. The van der Waals surface area contributed by atoms with Gasteiger partial charge in [0.05, 0.1) is 0 Å². The van der Waals surface area contributed by atoms with Gasteiger partial charge in [-0.05, 0) is 37.4 Å². The summed E-state index contributed by atoms with van der Waals surface area (Å²) in [5, 5.41) is 0.806. The van der Waals surface area contributed by atoms with Crippen LogP contribution in [0.25, 0.3) is 0 Å². The summed E-state index contributed by atoms with van der Waals surface area (Å²) in [6, 6.07) is 0.524. The van der Waals surface area contributed by atoms with Crippen molar-refractivity contribution in [3.05, 3.63) is 0 Å². The number of rotatable bonds is 2. The molecular formula is C9H17NS. The zero-order chi connectivity index (χ0) is 7.68. The van der Waals surface area contributed by atoms with E-state index in [1.165, 1.54) is 37.9 Å². The minimum absolute atomic E-state index is 0.524. The molecule has 0 radical (unpaired) electrons. The molecule has 0 aromatic rings. The van der Waals surface area contributed by atoms with Gasteiger partial charge in [0, 0.05) is 11.3 Å². The van der Waals surface area contributed by atoms with Crippen LogP contribution in [-0.2, 0) is 0 Å². The molecule has 1 nitrogen and oxygen atoms in total. The molecule has 2 heteroatoms. The molecule has 2 N–H and O–H groups in total. The van der Waals surface area contributed by atoms with E-state index in [2.05, 4.69) is 11.8 Å². The first-order valence-electron chi connectivity index (χ1n) is 4.75. The smallest absolute Gasteiger partial charge is 0.0202 e. The first-order valence-corrected chi connectivity index (χ1v) is 5.80. The van der Waals surface area contributed by atoms with E-state index in [9.17, 15) is 0 Å². The van der Waals surface area contributed by atoms with Gasteiger partial charge < -0.3 is 5.73 Å². The van der Waals surface area contributed by atoms with Gasteiger partial charge in [-0.2, -0.15) is 11.8 Å². The highest BCUT2D eigenvalue weighted by Crippen LogP contribution is 2.37. The minimum Gasteiger partial charge on any atom is -0.326 e. The summed E-state index contributed by atoms with van der Waals surface area (Å²) in [4.78, 5) is 0. The molecule has 2 fully saturated rings. The summed E-state index contributed by atoms with van der Waals surface area (Å²) in [6.07, 6.45) is 7.00. The lowest BCUT2D eigenvalue weighted by molar-refractivity contribution is 0.256. The lowest BCUT2D eigenvalue weighted by atomic mass is 9.78. The van der Waals surface area contributed by atoms with Gasteiger partial charge in [-0.3, -0.25) is 0 Å². The average Bonchev–Trinajstić information content (AvgIpc) is 2.32. The average molecular weight is 171 g/mol. The van der Waals surface area contributed by atoms with E-state index in [4.69, 9.17) is 5.73 Å².